The van der Waals surface area contributed by atoms with Crippen molar-refractivity contribution in [2.75, 3.05) is 45.9 Å². The highest BCUT2D eigenvalue weighted by molar-refractivity contribution is 5.76. The number of nitrogens with zero attached hydrogens (tertiary/aromatic N) is 4. The molecule has 3 aliphatic heterocycles. The highest BCUT2D eigenvalue weighted by Gasteiger charge is 2.31. The van der Waals surface area contributed by atoms with Crippen LogP contribution < -0.4 is 0 Å². The first-order chi connectivity index (χ1) is 15.2. The van der Waals surface area contributed by atoms with Crippen molar-refractivity contribution < 1.29 is 14.6 Å². The largest absolute Gasteiger partial charge is 0.390 e. The van der Waals surface area contributed by atoms with Gasteiger partial charge in [0, 0.05) is 51.4 Å². The Morgan fingerprint density at radius 1 is 1.03 bits per heavy atom. The Kier molecular flexibility index (Phi) is 5.89. The summed E-state index contributed by atoms with van der Waals surface area (Å²) in [5.74, 6) is 0.459. The molecule has 0 aliphatic carbocycles. The lowest BCUT2D eigenvalue weighted by molar-refractivity contribution is 0.00827. The Morgan fingerprint density at radius 2 is 1.84 bits per heavy atom. The zero-order valence-corrected chi connectivity index (χ0v) is 17.8. The Morgan fingerprint density at radius 3 is 2.58 bits per heavy atom. The third kappa shape index (κ3) is 4.59. The molecule has 1 aromatic carbocycles. The lowest BCUT2D eigenvalue weighted by Crippen LogP contribution is -2.43. The summed E-state index contributed by atoms with van der Waals surface area (Å²) in [5, 5.41) is 10.6. The van der Waals surface area contributed by atoms with Crippen molar-refractivity contribution in [2.24, 2.45) is 0 Å². The fourth-order valence-corrected chi connectivity index (χ4v) is 4.66. The minimum atomic E-state index is -0.545. The van der Waals surface area contributed by atoms with Crippen LogP contribution in [0.4, 0.5) is 4.79 Å². The maximum absolute atomic E-state index is 12.8. The van der Waals surface area contributed by atoms with Crippen LogP contribution in [0, 0.1) is 0 Å². The highest BCUT2D eigenvalue weighted by atomic mass is 16.5. The Hall–Kier alpha value is -2.48. The number of hydrogen-bond acceptors (Lipinski definition) is 5. The third-order valence-corrected chi connectivity index (χ3v) is 6.60. The third-order valence-electron chi connectivity index (χ3n) is 6.60. The van der Waals surface area contributed by atoms with E-state index in [1.54, 1.807) is 4.90 Å². The minimum Gasteiger partial charge on any atom is -0.390 e. The van der Waals surface area contributed by atoms with Crippen molar-refractivity contribution in [3.8, 4) is 0 Å². The molecule has 7 heteroatoms. The fraction of sp³-hybridized carbons (Fsp3) is 0.500. The molecular weight excluding hydrogens is 392 g/mol. The van der Waals surface area contributed by atoms with Gasteiger partial charge in [0.15, 0.2) is 0 Å². The van der Waals surface area contributed by atoms with Gasteiger partial charge in [-0.3, -0.25) is 9.88 Å². The number of carbonyl (C=O) groups is 1. The Bertz CT molecular complexity index is 915. The van der Waals surface area contributed by atoms with Gasteiger partial charge in [0.05, 0.1) is 31.6 Å². The minimum absolute atomic E-state index is 0.0127. The molecule has 2 saturated heterocycles. The molecule has 3 aliphatic rings. The van der Waals surface area contributed by atoms with Gasteiger partial charge in [-0.2, -0.15) is 0 Å². The summed E-state index contributed by atoms with van der Waals surface area (Å²) >= 11 is 0. The number of ether oxygens (including phenoxy) is 1. The summed E-state index contributed by atoms with van der Waals surface area (Å²) in [5.41, 5.74) is 4.84. The molecule has 0 unspecified atom stereocenters. The smallest absolute Gasteiger partial charge is 0.320 e. The van der Waals surface area contributed by atoms with Gasteiger partial charge in [0.2, 0.25) is 0 Å². The van der Waals surface area contributed by atoms with Crippen LogP contribution in [0.15, 0.2) is 42.6 Å². The van der Waals surface area contributed by atoms with Crippen LogP contribution in [0.1, 0.15) is 28.3 Å². The van der Waals surface area contributed by atoms with Gasteiger partial charge in [-0.15, -0.1) is 0 Å². The number of benzene rings is 1. The summed E-state index contributed by atoms with van der Waals surface area (Å²) in [4.78, 5) is 23.2. The lowest BCUT2D eigenvalue weighted by Gasteiger charge is -2.31. The second-order valence-corrected chi connectivity index (χ2v) is 8.88. The average Bonchev–Trinajstić information content (AvgIpc) is 3.07. The van der Waals surface area contributed by atoms with Crippen LogP contribution in [0.5, 0.6) is 0 Å². The quantitative estimate of drug-likeness (QED) is 0.738. The van der Waals surface area contributed by atoms with Crippen molar-refractivity contribution in [1.82, 2.24) is 19.7 Å². The van der Waals surface area contributed by atoms with Crippen LogP contribution in [0.25, 0.3) is 0 Å². The number of aromatic nitrogens is 1. The van der Waals surface area contributed by atoms with Gasteiger partial charge in [0.25, 0.3) is 0 Å². The first-order valence-corrected chi connectivity index (χ1v) is 11.2. The molecule has 1 N–H and O–H groups in total. The highest BCUT2D eigenvalue weighted by Crippen LogP contribution is 2.24. The van der Waals surface area contributed by atoms with Gasteiger partial charge in [0.1, 0.15) is 0 Å². The van der Waals surface area contributed by atoms with Crippen molar-refractivity contribution in [3.63, 3.8) is 0 Å². The monoisotopic (exact) mass is 422 g/mol. The van der Waals surface area contributed by atoms with Crippen LogP contribution in [0.2, 0.25) is 0 Å². The van der Waals surface area contributed by atoms with Crippen molar-refractivity contribution in [1.29, 1.82) is 0 Å². The Balaban J connectivity index is 1.10. The molecule has 2 amide bonds. The normalized spacial score (nSPS) is 20.6. The van der Waals surface area contributed by atoms with Gasteiger partial charge in [-0.1, -0.05) is 30.3 Å². The maximum Gasteiger partial charge on any atom is 0.320 e. The van der Waals surface area contributed by atoms with Crippen molar-refractivity contribution in [2.45, 2.75) is 31.5 Å². The van der Waals surface area contributed by atoms with Gasteiger partial charge in [-0.25, -0.2) is 4.79 Å². The van der Waals surface area contributed by atoms with E-state index in [2.05, 4.69) is 40.2 Å². The van der Waals surface area contributed by atoms with E-state index in [0.717, 1.165) is 38.4 Å². The van der Waals surface area contributed by atoms with E-state index >= 15 is 0 Å². The summed E-state index contributed by atoms with van der Waals surface area (Å²) < 4.78 is 5.24. The van der Waals surface area contributed by atoms with E-state index in [4.69, 9.17) is 4.74 Å². The standard InChI is InChI=1S/C24H30N4O3/c29-23(14-26-8-7-18-3-1-2-4-20(18)12-26)15-28-10-9-27(24(28)30)13-22-6-5-19(11-25-22)21-16-31-17-21/h1-6,11,21,23,29H,7-10,12-17H2/t23-/m1/s1. The van der Waals surface area contributed by atoms with Gasteiger partial charge >= 0.3 is 6.03 Å². The first kappa shape index (κ1) is 20.4. The van der Waals surface area contributed by atoms with E-state index in [1.807, 2.05) is 17.2 Å². The fourth-order valence-electron chi connectivity index (χ4n) is 4.66. The molecule has 0 saturated carbocycles. The van der Waals surface area contributed by atoms with Crippen LogP contribution >= 0.6 is 0 Å². The summed E-state index contributed by atoms with van der Waals surface area (Å²) in [6.45, 7) is 6.15. The van der Waals surface area contributed by atoms with E-state index in [-0.39, 0.29) is 6.03 Å². The molecular formula is C24H30N4O3. The van der Waals surface area contributed by atoms with Gasteiger partial charge < -0.3 is 19.6 Å². The number of fused-ring (bicyclic) bond motifs is 1. The van der Waals surface area contributed by atoms with Crippen LogP contribution in [0.3, 0.4) is 0 Å². The molecule has 1 atom stereocenters. The number of rotatable bonds is 7. The number of aliphatic hydroxyl groups excluding tert-OH is 1. The molecule has 0 spiro atoms. The number of pyridine rings is 1. The Labute approximate surface area is 183 Å². The van der Waals surface area contributed by atoms with E-state index < -0.39 is 6.10 Å². The topological polar surface area (TPSA) is 69.1 Å². The molecule has 0 radical (unpaired) electrons. The second kappa shape index (κ2) is 8.94. The van der Waals surface area contributed by atoms with Crippen LogP contribution in [-0.4, -0.2) is 82.9 Å². The molecule has 7 nitrogen and oxygen atoms in total. The lowest BCUT2D eigenvalue weighted by atomic mass is 9.99. The summed E-state index contributed by atoms with van der Waals surface area (Å²) in [7, 11) is 0. The number of β-amino-alcohol motifs (C(OH)–C–C–N with tert-alkyl or cyclic N) is 1. The predicted octanol–water partition coefficient (Wildman–Crippen LogP) is 1.85. The number of aliphatic hydroxyl groups is 1. The van der Waals surface area contributed by atoms with E-state index in [1.165, 1.54) is 16.7 Å². The van der Waals surface area contributed by atoms with E-state index in [0.29, 0.717) is 38.6 Å². The SMILES string of the molecule is O=C1N(Cc2ccc(C3COC3)cn2)CCN1C[C@H](O)CN1CCc2ccccc2C1. The first-order valence-electron chi connectivity index (χ1n) is 11.2. The number of amides is 2. The zero-order valence-electron chi connectivity index (χ0n) is 17.8. The number of hydrogen-bond donors (Lipinski definition) is 1. The summed E-state index contributed by atoms with van der Waals surface area (Å²) in [6, 6.07) is 12.6. The van der Waals surface area contributed by atoms with Crippen LogP contribution in [-0.2, 0) is 24.2 Å². The number of urea groups is 1. The predicted molar refractivity (Wildman–Crippen MR) is 117 cm³/mol. The molecule has 4 heterocycles. The molecule has 164 valence electrons. The molecule has 2 fully saturated rings. The van der Waals surface area contributed by atoms with E-state index in [9.17, 15) is 9.90 Å². The summed E-state index contributed by atoms with van der Waals surface area (Å²) in [6.07, 6.45) is 2.37. The van der Waals surface area contributed by atoms with Crippen molar-refractivity contribution in [3.05, 3.63) is 65.0 Å². The van der Waals surface area contributed by atoms with Gasteiger partial charge in [-0.05, 0) is 29.2 Å². The molecule has 0 bridgehead atoms. The average molecular weight is 423 g/mol. The molecule has 31 heavy (non-hydrogen) atoms. The second-order valence-electron chi connectivity index (χ2n) is 8.88. The maximum atomic E-state index is 12.8. The molecule has 2 aromatic rings. The number of carbonyl (C=O) groups excluding carboxylic acids is 1. The van der Waals surface area contributed by atoms with Crippen molar-refractivity contribution >= 4 is 6.03 Å². The molecule has 1 aromatic heterocycles. The zero-order chi connectivity index (χ0) is 21.2. The molecule has 5 rings (SSSR count).